The SMILES string of the molecule is COc1ccc(F)cc1C[NH+]1CC[NH+](CC(=O)Nc2ccccc2C#N)CC1. The van der Waals surface area contributed by atoms with Gasteiger partial charge in [0.05, 0.1) is 23.9 Å². The number of nitriles is 1. The second-order valence-electron chi connectivity index (χ2n) is 7.02. The van der Waals surface area contributed by atoms with Crippen LogP contribution in [0.4, 0.5) is 10.1 Å². The molecule has 28 heavy (non-hydrogen) atoms. The molecule has 6 nitrogen and oxygen atoms in total. The highest BCUT2D eigenvalue weighted by molar-refractivity contribution is 5.92. The fourth-order valence-corrected chi connectivity index (χ4v) is 3.58. The summed E-state index contributed by atoms with van der Waals surface area (Å²) >= 11 is 0. The van der Waals surface area contributed by atoms with E-state index in [1.54, 1.807) is 37.4 Å². The molecule has 1 fully saturated rings. The summed E-state index contributed by atoms with van der Waals surface area (Å²) < 4.78 is 18.9. The lowest BCUT2D eigenvalue weighted by molar-refractivity contribution is -1.02. The Morgan fingerprint density at radius 3 is 2.61 bits per heavy atom. The number of halogens is 1. The molecule has 7 heteroatoms. The minimum atomic E-state index is -0.256. The molecule has 0 aromatic heterocycles. The van der Waals surface area contributed by atoms with Crippen molar-refractivity contribution in [3.8, 4) is 11.8 Å². The van der Waals surface area contributed by atoms with Gasteiger partial charge in [0.25, 0.3) is 5.91 Å². The van der Waals surface area contributed by atoms with Crippen LogP contribution in [0.3, 0.4) is 0 Å². The molecule has 2 aromatic rings. The Hall–Kier alpha value is -2.95. The summed E-state index contributed by atoms with van der Waals surface area (Å²) in [6.07, 6.45) is 0. The van der Waals surface area contributed by atoms with Gasteiger partial charge in [-0.3, -0.25) is 4.79 Å². The van der Waals surface area contributed by atoms with E-state index in [4.69, 9.17) is 10.00 Å². The number of hydrogen-bond acceptors (Lipinski definition) is 3. The van der Waals surface area contributed by atoms with Crippen molar-refractivity contribution in [1.82, 2.24) is 0 Å². The van der Waals surface area contributed by atoms with Gasteiger partial charge in [-0.15, -0.1) is 0 Å². The number of amides is 1. The number of methoxy groups -OCH3 is 1. The van der Waals surface area contributed by atoms with Gasteiger partial charge in [0.15, 0.2) is 6.54 Å². The smallest absolute Gasteiger partial charge is 0.279 e. The van der Waals surface area contributed by atoms with Crippen LogP contribution in [0.5, 0.6) is 5.75 Å². The average Bonchev–Trinajstić information content (AvgIpc) is 2.70. The minimum Gasteiger partial charge on any atom is -0.496 e. The second-order valence-corrected chi connectivity index (χ2v) is 7.02. The lowest BCUT2D eigenvalue weighted by Crippen LogP contribution is -3.28. The third kappa shape index (κ3) is 5.06. The molecule has 3 rings (SSSR count). The monoisotopic (exact) mass is 384 g/mol. The van der Waals surface area contributed by atoms with Crippen LogP contribution in [0.15, 0.2) is 42.5 Å². The zero-order valence-corrected chi connectivity index (χ0v) is 15.9. The number of nitrogens with zero attached hydrogens (tertiary/aromatic N) is 1. The van der Waals surface area contributed by atoms with Crippen LogP contribution in [0.25, 0.3) is 0 Å². The minimum absolute atomic E-state index is 0.0899. The summed E-state index contributed by atoms with van der Waals surface area (Å²) in [5.74, 6) is 0.362. The van der Waals surface area contributed by atoms with E-state index in [9.17, 15) is 9.18 Å². The summed E-state index contributed by atoms with van der Waals surface area (Å²) in [5, 5.41) is 11.9. The summed E-state index contributed by atoms with van der Waals surface area (Å²) in [6.45, 7) is 4.60. The summed E-state index contributed by atoms with van der Waals surface area (Å²) in [4.78, 5) is 14.9. The maximum Gasteiger partial charge on any atom is 0.279 e. The van der Waals surface area contributed by atoms with Gasteiger partial charge in [0.2, 0.25) is 0 Å². The fraction of sp³-hybridized carbons (Fsp3) is 0.333. The van der Waals surface area contributed by atoms with E-state index in [-0.39, 0.29) is 11.7 Å². The lowest BCUT2D eigenvalue weighted by Gasteiger charge is -2.29. The van der Waals surface area contributed by atoms with Crippen LogP contribution in [0.2, 0.25) is 0 Å². The molecule has 2 aromatic carbocycles. The number of piperazine rings is 1. The Labute approximate surface area is 164 Å². The van der Waals surface area contributed by atoms with E-state index in [0.717, 1.165) is 31.7 Å². The Morgan fingerprint density at radius 1 is 1.18 bits per heavy atom. The molecule has 1 amide bonds. The maximum atomic E-state index is 13.5. The molecule has 146 valence electrons. The number of rotatable bonds is 6. The Balaban J connectivity index is 1.50. The summed E-state index contributed by atoms with van der Waals surface area (Å²) in [7, 11) is 1.59. The highest BCUT2D eigenvalue weighted by Crippen LogP contribution is 2.18. The molecule has 0 aliphatic carbocycles. The van der Waals surface area contributed by atoms with Crippen LogP contribution in [0, 0.1) is 17.1 Å². The molecule has 1 heterocycles. The average molecular weight is 384 g/mol. The van der Waals surface area contributed by atoms with Crippen LogP contribution in [-0.2, 0) is 11.3 Å². The zero-order valence-electron chi connectivity index (χ0n) is 15.9. The van der Waals surface area contributed by atoms with E-state index in [0.29, 0.717) is 30.1 Å². The van der Waals surface area contributed by atoms with E-state index in [2.05, 4.69) is 11.4 Å². The van der Waals surface area contributed by atoms with Crippen LogP contribution in [-0.4, -0.2) is 45.7 Å². The standard InChI is InChI=1S/C21H23FN4O2/c1-28-20-7-6-18(22)12-17(20)14-25-8-10-26(11-9-25)15-21(27)24-19-5-3-2-4-16(19)13-23/h2-7,12H,8-11,14-15H2,1H3,(H,24,27)/p+2. The highest BCUT2D eigenvalue weighted by atomic mass is 19.1. The summed E-state index contributed by atoms with van der Waals surface area (Å²) in [5.41, 5.74) is 1.88. The van der Waals surface area contributed by atoms with Gasteiger partial charge in [-0.25, -0.2) is 4.39 Å². The number of carbonyl (C=O) groups excluding carboxylic acids is 1. The molecular formula is C21H25FN4O2+2. The second kappa shape index (κ2) is 9.31. The first kappa shape index (κ1) is 19.8. The van der Waals surface area contributed by atoms with Gasteiger partial charge in [-0.2, -0.15) is 5.26 Å². The van der Waals surface area contributed by atoms with Crippen molar-refractivity contribution in [2.24, 2.45) is 0 Å². The molecule has 0 unspecified atom stereocenters. The van der Waals surface area contributed by atoms with Crippen molar-refractivity contribution in [3.05, 3.63) is 59.4 Å². The van der Waals surface area contributed by atoms with Gasteiger partial charge in [-0.1, -0.05) is 12.1 Å². The Kier molecular flexibility index (Phi) is 6.58. The Morgan fingerprint density at radius 2 is 1.89 bits per heavy atom. The quantitative estimate of drug-likeness (QED) is 0.636. The number of nitrogens with one attached hydrogen (secondary N) is 3. The molecular weight excluding hydrogens is 359 g/mol. The third-order valence-corrected chi connectivity index (χ3v) is 5.08. The van der Waals surface area contributed by atoms with E-state index < -0.39 is 0 Å². The molecule has 1 aliphatic rings. The van der Waals surface area contributed by atoms with Gasteiger partial charge in [0.1, 0.15) is 50.4 Å². The normalized spacial score (nSPS) is 18.9. The number of carbonyl (C=O) groups is 1. The fourth-order valence-electron chi connectivity index (χ4n) is 3.58. The number of benzene rings is 2. The van der Waals surface area contributed by atoms with E-state index in [1.165, 1.54) is 21.9 Å². The van der Waals surface area contributed by atoms with Gasteiger partial charge in [0, 0.05) is 0 Å². The summed E-state index contributed by atoms with van der Waals surface area (Å²) in [6, 6.07) is 13.7. The van der Waals surface area contributed by atoms with Crippen molar-refractivity contribution in [2.75, 3.05) is 45.2 Å². The number of anilines is 1. The molecule has 3 N–H and O–H groups in total. The van der Waals surface area contributed by atoms with E-state index >= 15 is 0 Å². The Bertz CT molecular complexity index is 873. The highest BCUT2D eigenvalue weighted by Gasteiger charge is 2.26. The molecule has 0 saturated carbocycles. The first-order valence-corrected chi connectivity index (χ1v) is 9.37. The number of quaternary nitrogens is 2. The first-order valence-electron chi connectivity index (χ1n) is 9.37. The number of hydrogen-bond donors (Lipinski definition) is 3. The molecule has 0 spiro atoms. The molecule has 0 radical (unpaired) electrons. The topological polar surface area (TPSA) is 71.0 Å². The van der Waals surface area contributed by atoms with Crippen LogP contribution in [0.1, 0.15) is 11.1 Å². The van der Waals surface area contributed by atoms with Gasteiger partial charge in [-0.05, 0) is 30.3 Å². The van der Waals surface area contributed by atoms with Gasteiger partial charge >= 0.3 is 0 Å². The third-order valence-electron chi connectivity index (χ3n) is 5.08. The van der Waals surface area contributed by atoms with Crippen molar-refractivity contribution in [3.63, 3.8) is 0 Å². The number of para-hydroxylation sites is 1. The van der Waals surface area contributed by atoms with Gasteiger partial charge < -0.3 is 19.9 Å². The lowest BCUT2D eigenvalue weighted by atomic mass is 10.1. The van der Waals surface area contributed by atoms with E-state index in [1.807, 2.05) is 0 Å². The van der Waals surface area contributed by atoms with Crippen LogP contribution < -0.4 is 19.9 Å². The predicted octanol–water partition coefficient (Wildman–Crippen LogP) is -0.372. The van der Waals surface area contributed by atoms with Crippen LogP contribution >= 0.6 is 0 Å². The van der Waals surface area contributed by atoms with Crippen molar-refractivity contribution < 1.29 is 23.7 Å². The van der Waals surface area contributed by atoms with Crippen molar-refractivity contribution >= 4 is 11.6 Å². The number of ether oxygens (including phenoxy) is 1. The predicted molar refractivity (Wildman–Crippen MR) is 103 cm³/mol. The molecule has 0 bridgehead atoms. The van der Waals surface area contributed by atoms with Crippen molar-refractivity contribution in [1.29, 1.82) is 5.26 Å². The zero-order chi connectivity index (χ0) is 19.9. The molecule has 1 saturated heterocycles. The largest absolute Gasteiger partial charge is 0.496 e. The molecule has 1 aliphatic heterocycles. The first-order chi connectivity index (χ1) is 13.6. The maximum absolute atomic E-state index is 13.5. The van der Waals surface area contributed by atoms with Crippen molar-refractivity contribution in [2.45, 2.75) is 6.54 Å². The molecule has 0 atom stereocenters.